The van der Waals surface area contributed by atoms with Crippen LogP contribution in [0.1, 0.15) is 104 Å². The van der Waals surface area contributed by atoms with E-state index in [0.29, 0.717) is 0 Å². The van der Waals surface area contributed by atoms with E-state index in [0.717, 1.165) is 83.8 Å². The van der Waals surface area contributed by atoms with Gasteiger partial charge in [0.25, 0.3) is 0 Å². The third-order valence-electron chi connectivity index (χ3n) is 9.65. The van der Waals surface area contributed by atoms with E-state index in [9.17, 15) is 9.59 Å². The van der Waals surface area contributed by atoms with Gasteiger partial charge >= 0.3 is 0 Å². The van der Waals surface area contributed by atoms with E-state index in [1.807, 2.05) is 53.9 Å². The number of nitrogens with zero attached hydrogens (tertiary/aromatic N) is 2. The summed E-state index contributed by atoms with van der Waals surface area (Å²) >= 11 is 0. The van der Waals surface area contributed by atoms with Gasteiger partial charge in [0.15, 0.2) is 0 Å². The number of hydrogen-bond donors (Lipinski definition) is 4. The first-order valence-electron chi connectivity index (χ1n) is 16.8. The predicted octanol–water partition coefficient (Wildman–Crippen LogP) is 7.73. The van der Waals surface area contributed by atoms with Gasteiger partial charge in [-0.15, -0.1) is 0 Å². The maximum absolute atomic E-state index is 12.6. The van der Waals surface area contributed by atoms with Crippen LogP contribution in [-0.4, -0.2) is 43.8 Å². The Hall–Kier alpha value is -4.20. The molecule has 6 rings (SSSR count). The van der Waals surface area contributed by atoms with Gasteiger partial charge < -0.3 is 20.6 Å². The van der Waals surface area contributed by atoms with Crippen molar-refractivity contribution in [1.29, 1.82) is 0 Å². The van der Waals surface area contributed by atoms with E-state index in [2.05, 4.69) is 69.1 Å². The van der Waals surface area contributed by atoms with Crippen molar-refractivity contribution < 1.29 is 9.59 Å². The first-order valence-corrected chi connectivity index (χ1v) is 16.8. The lowest BCUT2D eigenvalue weighted by molar-refractivity contribution is -0.130. The van der Waals surface area contributed by atoms with Crippen molar-refractivity contribution in [3.8, 4) is 33.6 Å². The third kappa shape index (κ3) is 6.81. The average Bonchev–Trinajstić information content (AvgIpc) is 3.83. The number of carbonyl (C=O) groups is 2. The van der Waals surface area contributed by atoms with Crippen LogP contribution in [0.2, 0.25) is 0 Å². The highest BCUT2D eigenvalue weighted by molar-refractivity contribution is 5.82. The molecule has 2 fully saturated rings. The van der Waals surface area contributed by atoms with Crippen LogP contribution in [0.4, 0.5) is 0 Å². The lowest BCUT2D eigenvalue weighted by atomic mass is 9.94. The first kappa shape index (κ1) is 31.8. The van der Waals surface area contributed by atoms with E-state index in [1.54, 1.807) is 0 Å². The molecule has 2 aromatic carbocycles. The van der Waals surface area contributed by atoms with Crippen molar-refractivity contribution in [3.05, 3.63) is 72.6 Å². The number of carbonyl (C=O) groups excluding carboxylic acids is 2. The average molecular weight is 621 g/mol. The molecule has 4 aromatic rings. The number of nitrogens with one attached hydrogen (secondary N) is 4. The number of hydrogen-bond acceptors (Lipinski definition) is 4. The summed E-state index contributed by atoms with van der Waals surface area (Å²) in [5.41, 5.74) is 5.62. The fourth-order valence-corrected chi connectivity index (χ4v) is 6.72. The SMILES string of the molecule is CC(C)(C)C(=O)N[C@H]1CCC[C@H]1c1ncc(-c2ccc(-c3ccc(-c4cnc([C@@H]5CCC[C@@H]5NC(=O)C(C)(C)C)[nH]4)cc3)cc2)[nH]1. The number of H-pyrrole nitrogens is 2. The quantitative estimate of drug-likeness (QED) is 0.169. The summed E-state index contributed by atoms with van der Waals surface area (Å²) in [7, 11) is 0. The van der Waals surface area contributed by atoms with Crippen molar-refractivity contribution >= 4 is 11.8 Å². The van der Waals surface area contributed by atoms with Crippen LogP contribution in [0, 0.1) is 10.8 Å². The molecule has 0 radical (unpaired) electrons. The zero-order chi connectivity index (χ0) is 32.6. The van der Waals surface area contributed by atoms with Crippen molar-refractivity contribution in [1.82, 2.24) is 30.6 Å². The standard InChI is InChI=1S/C38H48N6O2/c1-37(2,3)35(45)43-29-11-7-9-27(29)33-39-21-31(41-33)25-17-13-23(14-18-25)24-15-19-26(20-16-24)32-22-40-34(42-32)28-10-8-12-30(28)44-36(46)38(4,5)6/h13-22,27-30H,7-12H2,1-6H3,(H,39,41)(H,40,42)(H,43,45)(H,44,46)/t27-,28-,29+,30+/m1/s1. The highest BCUT2D eigenvalue weighted by Crippen LogP contribution is 2.37. The topological polar surface area (TPSA) is 116 Å². The molecule has 2 aliphatic carbocycles. The van der Waals surface area contributed by atoms with E-state index < -0.39 is 10.8 Å². The second-order valence-electron chi connectivity index (χ2n) is 15.3. The number of benzene rings is 2. The molecule has 2 aliphatic rings. The number of aromatic nitrogens is 4. The number of rotatable bonds is 7. The van der Waals surface area contributed by atoms with Crippen molar-refractivity contribution in [2.45, 2.75) is 104 Å². The molecule has 8 heteroatoms. The Morgan fingerprint density at radius 3 is 1.28 bits per heavy atom. The molecular formula is C38H48N6O2. The zero-order valence-corrected chi connectivity index (χ0v) is 28.0. The zero-order valence-electron chi connectivity index (χ0n) is 28.0. The second kappa shape index (κ2) is 12.5. The van der Waals surface area contributed by atoms with Gasteiger partial charge in [-0.1, -0.05) is 103 Å². The summed E-state index contributed by atoms with van der Waals surface area (Å²) in [6.45, 7) is 11.7. The molecule has 0 spiro atoms. The minimum atomic E-state index is -0.404. The van der Waals surface area contributed by atoms with E-state index in [4.69, 9.17) is 9.97 Å². The monoisotopic (exact) mass is 620 g/mol. The van der Waals surface area contributed by atoms with Gasteiger partial charge in [-0.3, -0.25) is 9.59 Å². The van der Waals surface area contributed by atoms with Gasteiger partial charge in [0.05, 0.1) is 23.8 Å². The molecule has 4 N–H and O–H groups in total. The maximum Gasteiger partial charge on any atom is 0.225 e. The van der Waals surface area contributed by atoms with Crippen molar-refractivity contribution in [2.24, 2.45) is 10.8 Å². The van der Waals surface area contributed by atoms with E-state index in [-0.39, 0.29) is 35.7 Å². The van der Waals surface area contributed by atoms with Crippen LogP contribution < -0.4 is 10.6 Å². The van der Waals surface area contributed by atoms with Gasteiger partial charge in [-0.05, 0) is 47.9 Å². The number of amides is 2. The Kier molecular flexibility index (Phi) is 8.66. The fourth-order valence-electron chi connectivity index (χ4n) is 6.72. The van der Waals surface area contributed by atoms with Crippen molar-refractivity contribution in [2.75, 3.05) is 0 Å². The summed E-state index contributed by atoms with van der Waals surface area (Å²) in [6, 6.07) is 17.3. The second-order valence-corrected chi connectivity index (χ2v) is 15.3. The van der Waals surface area contributed by atoms with Gasteiger partial charge in [-0.2, -0.15) is 0 Å². The molecule has 0 saturated heterocycles. The Balaban J connectivity index is 1.10. The molecule has 46 heavy (non-hydrogen) atoms. The summed E-state index contributed by atoms with van der Waals surface area (Å²) in [5.74, 6) is 2.50. The molecule has 2 heterocycles. The van der Waals surface area contributed by atoms with Gasteiger partial charge in [0.2, 0.25) is 11.8 Å². The lowest BCUT2D eigenvalue weighted by Gasteiger charge is -2.24. The summed E-state index contributed by atoms with van der Waals surface area (Å²) in [5, 5.41) is 6.53. The Bertz CT molecular complexity index is 1540. The summed E-state index contributed by atoms with van der Waals surface area (Å²) < 4.78 is 0. The minimum Gasteiger partial charge on any atom is -0.352 e. The van der Waals surface area contributed by atoms with Crippen LogP contribution in [-0.2, 0) is 9.59 Å². The van der Waals surface area contributed by atoms with Gasteiger partial charge in [0, 0.05) is 34.7 Å². The molecule has 4 atom stereocenters. The minimum absolute atomic E-state index is 0.0923. The molecule has 0 bridgehead atoms. The molecular weight excluding hydrogens is 572 g/mol. The normalized spacial score (nSPS) is 21.8. The first-order chi connectivity index (χ1) is 21.9. The lowest BCUT2D eigenvalue weighted by Crippen LogP contribution is -2.42. The summed E-state index contributed by atoms with van der Waals surface area (Å²) in [4.78, 5) is 41.8. The van der Waals surface area contributed by atoms with Crippen LogP contribution in [0.3, 0.4) is 0 Å². The molecule has 2 aromatic heterocycles. The van der Waals surface area contributed by atoms with Crippen LogP contribution in [0.15, 0.2) is 60.9 Å². The number of imidazole rings is 2. The largest absolute Gasteiger partial charge is 0.352 e. The van der Waals surface area contributed by atoms with Crippen LogP contribution in [0.5, 0.6) is 0 Å². The Labute approximate surface area is 272 Å². The maximum atomic E-state index is 12.6. The van der Waals surface area contributed by atoms with Crippen LogP contribution in [0.25, 0.3) is 33.6 Å². The highest BCUT2D eigenvalue weighted by atomic mass is 16.2. The Morgan fingerprint density at radius 2 is 0.935 bits per heavy atom. The molecule has 0 aliphatic heterocycles. The van der Waals surface area contributed by atoms with Gasteiger partial charge in [-0.25, -0.2) is 9.97 Å². The Morgan fingerprint density at radius 1 is 0.587 bits per heavy atom. The number of aromatic amines is 2. The molecule has 0 unspecified atom stereocenters. The highest BCUT2D eigenvalue weighted by Gasteiger charge is 2.35. The molecule has 2 saturated carbocycles. The molecule has 2 amide bonds. The predicted molar refractivity (Wildman–Crippen MR) is 183 cm³/mol. The van der Waals surface area contributed by atoms with E-state index >= 15 is 0 Å². The van der Waals surface area contributed by atoms with Crippen molar-refractivity contribution in [3.63, 3.8) is 0 Å². The summed E-state index contributed by atoms with van der Waals surface area (Å²) in [6.07, 6.45) is 10.00. The van der Waals surface area contributed by atoms with Gasteiger partial charge in [0.1, 0.15) is 11.6 Å². The van der Waals surface area contributed by atoms with E-state index in [1.165, 1.54) is 0 Å². The fraction of sp³-hybridized carbons (Fsp3) is 0.474. The van der Waals surface area contributed by atoms with Crippen LogP contribution >= 0.6 is 0 Å². The smallest absolute Gasteiger partial charge is 0.225 e. The molecule has 8 nitrogen and oxygen atoms in total. The third-order valence-corrected chi connectivity index (χ3v) is 9.65. The molecule has 242 valence electrons.